The molecular formula is C22H22ClFN4O2. The van der Waals surface area contributed by atoms with E-state index < -0.39 is 17.8 Å². The second-order valence-corrected chi connectivity index (χ2v) is 6.42. The van der Waals surface area contributed by atoms with Gasteiger partial charge in [-0.2, -0.15) is 0 Å². The Labute approximate surface area is 180 Å². The van der Waals surface area contributed by atoms with Gasteiger partial charge in [-0.3, -0.25) is 15.2 Å². The molecule has 0 aliphatic carbocycles. The minimum atomic E-state index is -1.07. The molecule has 0 bridgehead atoms. The van der Waals surface area contributed by atoms with Crippen LogP contribution in [0.15, 0.2) is 67.0 Å². The standard InChI is InChI=1S/C22H21FN4O2.ClH/c1-29-20(22(28)27-12-14-4-6-15(7-5-14)21(24)25)18-9-8-16(11-19(18)23)17-3-2-10-26-13-17;/h2-11,13,20H,12H2,1H3,(H3,24,25)(H,27,28);1H/t20-;/m0./s1. The molecule has 8 heteroatoms. The Kier molecular flexibility index (Phi) is 8.03. The van der Waals surface area contributed by atoms with Gasteiger partial charge in [-0.1, -0.05) is 42.5 Å². The fourth-order valence-electron chi connectivity index (χ4n) is 2.91. The molecule has 156 valence electrons. The number of amides is 1. The maximum absolute atomic E-state index is 14.7. The molecule has 4 N–H and O–H groups in total. The molecular weight excluding hydrogens is 407 g/mol. The summed E-state index contributed by atoms with van der Waals surface area (Å²) in [5.74, 6) is -0.999. The topological polar surface area (TPSA) is 101 Å². The number of pyridine rings is 1. The second-order valence-electron chi connectivity index (χ2n) is 6.42. The van der Waals surface area contributed by atoms with Crippen molar-refractivity contribution in [3.8, 4) is 11.1 Å². The third kappa shape index (κ3) is 5.40. The predicted molar refractivity (Wildman–Crippen MR) is 116 cm³/mol. The Morgan fingerprint density at radius 3 is 2.50 bits per heavy atom. The second kappa shape index (κ2) is 10.5. The number of nitrogen functional groups attached to an aromatic ring is 1. The normalized spacial score (nSPS) is 11.3. The third-order valence-electron chi connectivity index (χ3n) is 4.48. The zero-order valence-electron chi connectivity index (χ0n) is 16.3. The number of carbonyl (C=O) groups excluding carboxylic acids is 1. The van der Waals surface area contributed by atoms with Gasteiger partial charge in [0.2, 0.25) is 0 Å². The molecule has 1 aromatic heterocycles. The number of hydrogen-bond acceptors (Lipinski definition) is 4. The summed E-state index contributed by atoms with van der Waals surface area (Å²) >= 11 is 0. The smallest absolute Gasteiger partial charge is 0.254 e. The molecule has 0 spiro atoms. The summed E-state index contributed by atoms with van der Waals surface area (Å²) in [5, 5.41) is 10.1. The number of nitrogens with two attached hydrogens (primary N) is 1. The number of rotatable bonds is 7. The maximum atomic E-state index is 14.7. The number of amidine groups is 1. The number of benzene rings is 2. The Balaban J connectivity index is 0.00000320. The molecule has 1 heterocycles. The highest BCUT2D eigenvalue weighted by Crippen LogP contribution is 2.26. The van der Waals surface area contributed by atoms with E-state index >= 15 is 0 Å². The van der Waals surface area contributed by atoms with Crippen molar-refractivity contribution in [1.29, 1.82) is 5.41 Å². The molecule has 0 aliphatic rings. The molecule has 3 rings (SSSR count). The van der Waals surface area contributed by atoms with Crippen molar-refractivity contribution in [3.05, 3.63) is 89.5 Å². The van der Waals surface area contributed by atoms with Gasteiger partial charge in [-0.15, -0.1) is 12.4 Å². The maximum Gasteiger partial charge on any atom is 0.254 e. The zero-order valence-corrected chi connectivity index (χ0v) is 17.1. The lowest BCUT2D eigenvalue weighted by Gasteiger charge is -2.17. The van der Waals surface area contributed by atoms with E-state index in [-0.39, 0.29) is 30.4 Å². The van der Waals surface area contributed by atoms with Crippen LogP contribution in [0, 0.1) is 11.2 Å². The first kappa shape index (κ1) is 23.0. The monoisotopic (exact) mass is 428 g/mol. The first-order valence-corrected chi connectivity index (χ1v) is 8.93. The minimum absolute atomic E-state index is 0. The van der Waals surface area contributed by atoms with Crippen LogP contribution in [0.3, 0.4) is 0 Å². The van der Waals surface area contributed by atoms with Crippen LogP contribution in [0.1, 0.15) is 22.8 Å². The summed E-state index contributed by atoms with van der Waals surface area (Å²) < 4.78 is 20.0. The van der Waals surface area contributed by atoms with Crippen LogP contribution >= 0.6 is 12.4 Å². The molecule has 3 aromatic rings. The molecule has 0 saturated heterocycles. The molecule has 0 unspecified atom stereocenters. The summed E-state index contributed by atoms with van der Waals surface area (Å²) in [6, 6.07) is 15.2. The molecule has 1 atom stereocenters. The summed E-state index contributed by atoms with van der Waals surface area (Å²) in [5.41, 5.74) is 8.46. The van der Waals surface area contributed by atoms with Crippen LogP contribution < -0.4 is 11.1 Å². The van der Waals surface area contributed by atoms with E-state index in [0.717, 1.165) is 11.1 Å². The van der Waals surface area contributed by atoms with Gasteiger partial charge in [0.15, 0.2) is 6.10 Å². The lowest BCUT2D eigenvalue weighted by molar-refractivity contribution is -0.131. The van der Waals surface area contributed by atoms with Crippen LogP contribution in [0.25, 0.3) is 11.1 Å². The highest BCUT2D eigenvalue weighted by molar-refractivity contribution is 5.94. The van der Waals surface area contributed by atoms with E-state index in [9.17, 15) is 9.18 Å². The molecule has 0 fully saturated rings. The molecule has 30 heavy (non-hydrogen) atoms. The Hall–Kier alpha value is -3.29. The number of nitrogens with one attached hydrogen (secondary N) is 2. The van der Waals surface area contributed by atoms with Crippen molar-refractivity contribution in [1.82, 2.24) is 10.3 Å². The highest BCUT2D eigenvalue weighted by Gasteiger charge is 2.23. The minimum Gasteiger partial charge on any atom is -0.384 e. The van der Waals surface area contributed by atoms with E-state index in [1.165, 1.54) is 13.2 Å². The SMILES string of the molecule is CO[C@H](C(=O)NCc1ccc(C(=N)N)cc1)c1ccc(-c2cccnc2)cc1F.Cl. The number of carbonyl (C=O) groups is 1. The van der Waals surface area contributed by atoms with Gasteiger partial charge in [0, 0.05) is 42.7 Å². The first-order valence-electron chi connectivity index (χ1n) is 8.93. The van der Waals surface area contributed by atoms with Crippen LogP contribution in [0.2, 0.25) is 0 Å². The summed E-state index contributed by atoms with van der Waals surface area (Å²) in [4.78, 5) is 16.6. The quantitative estimate of drug-likeness (QED) is 0.395. The molecule has 0 saturated carbocycles. The van der Waals surface area contributed by atoms with Crippen molar-refractivity contribution in [2.24, 2.45) is 5.73 Å². The van der Waals surface area contributed by atoms with E-state index in [1.54, 1.807) is 54.9 Å². The number of ether oxygens (including phenoxy) is 1. The summed E-state index contributed by atoms with van der Waals surface area (Å²) in [6.07, 6.45) is 2.22. The summed E-state index contributed by atoms with van der Waals surface area (Å²) in [6.45, 7) is 0.242. The first-order chi connectivity index (χ1) is 14.0. The van der Waals surface area contributed by atoms with Crippen LogP contribution in [-0.4, -0.2) is 23.8 Å². The van der Waals surface area contributed by atoms with Crippen molar-refractivity contribution < 1.29 is 13.9 Å². The van der Waals surface area contributed by atoms with Crippen molar-refractivity contribution in [2.75, 3.05) is 7.11 Å². The van der Waals surface area contributed by atoms with Crippen molar-refractivity contribution in [2.45, 2.75) is 12.6 Å². The molecule has 0 aliphatic heterocycles. The number of halogens is 2. The third-order valence-corrected chi connectivity index (χ3v) is 4.48. The Morgan fingerprint density at radius 2 is 1.93 bits per heavy atom. The molecule has 6 nitrogen and oxygen atoms in total. The predicted octanol–water partition coefficient (Wildman–Crippen LogP) is 3.60. The zero-order chi connectivity index (χ0) is 20.8. The summed E-state index contributed by atoms with van der Waals surface area (Å²) in [7, 11) is 1.36. The van der Waals surface area contributed by atoms with Crippen molar-refractivity contribution in [3.63, 3.8) is 0 Å². The number of methoxy groups -OCH3 is 1. The molecule has 2 aromatic carbocycles. The Bertz CT molecular complexity index is 1010. The number of nitrogens with zero attached hydrogens (tertiary/aromatic N) is 1. The van der Waals surface area contributed by atoms with Gasteiger partial charge in [0.1, 0.15) is 11.7 Å². The van der Waals surface area contributed by atoms with E-state index in [4.69, 9.17) is 15.9 Å². The van der Waals surface area contributed by atoms with Gasteiger partial charge in [0.05, 0.1) is 0 Å². The van der Waals surface area contributed by atoms with E-state index in [0.29, 0.717) is 11.1 Å². The van der Waals surface area contributed by atoms with Gasteiger partial charge < -0.3 is 15.8 Å². The van der Waals surface area contributed by atoms with Gasteiger partial charge in [-0.05, 0) is 23.3 Å². The average Bonchev–Trinajstić information content (AvgIpc) is 2.74. The van der Waals surface area contributed by atoms with Gasteiger partial charge in [-0.25, -0.2) is 4.39 Å². The fourth-order valence-corrected chi connectivity index (χ4v) is 2.91. The average molecular weight is 429 g/mol. The van der Waals surface area contributed by atoms with Gasteiger partial charge >= 0.3 is 0 Å². The van der Waals surface area contributed by atoms with Crippen LogP contribution in [0.5, 0.6) is 0 Å². The van der Waals surface area contributed by atoms with Crippen LogP contribution in [-0.2, 0) is 16.1 Å². The van der Waals surface area contributed by atoms with E-state index in [1.807, 2.05) is 6.07 Å². The van der Waals surface area contributed by atoms with E-state index in [2.05, 4.69) is 10.3 Å². The highest BCUT2D eigenvalue weighted by atomic mass is 35.5. The fraction of sp³-hybridized carbons (Fsp3) is 0.136. The lowest BCUT2D eigenvalue weighted by Crippen LogP contribution is -2.30. The van der Waals surface area contributed by atoms with Crippen LogP contribution in [0.4, 0.5) is 4.39 Å². The Morgan fingerprint density at radius 1 is 1.20 bits per heavy atom. The lowest BCUT2D eigenvalue weighted by atomic mass is 10.0. The number of aromatic nitrogens is 1. The molecule has 0 radical (unpaired) electrons. The molecule has 1 amide bonds. The number of hydrogen-bond donors (Lipinski definition) is 3. The van der Waals surface area contributed by atoms with Gasteiger partial charge in [0.25, 0.3) is 5.91 Å². The largest absolute Gasteiger partial charge is 0.384 e. The van der Waals surface area contributed by atoms with Crippen molar-refractivity contribution >= 4 is 24.1 Å².